The smallest absolute Gasteiger partial charge is 0.315 e. The van der Waals surface area contributed by atoms with Crippen LogP contribution in [0.25, 0.3) is 0 Å². The van der Waals surface area contributed by atoms with Crippen LogP contribution in [0, 0.1) is 12.7 Å². The van der Waals surface area contributed by atoms with E-state index in [9.17, 15) is 9.18 Å². The second-order valence-corrected chi connectivity index (χ2v) is 5.34. The monoisotopic (exact) mass is 320 g/mol. The number of nitrogens with one attached hydrogen (secondary N) is 2. The zero-order chi connectivity index (χ0) is 17.0. The van der Waals surface area contributed by atoms with Crippen LogP contribution in [0.3, 0.4) is 0 Å². The highest BCUT2D eigenvalue weighted by molar-refractivity contribution is 5.74. The first-order valence-electron chi connectivity index (χ1n) is 7.28. The first-order chi connectivity index (χ1) is 10.9. The number of hydrogen-bond donors (Lipinski definition) is 2. The molecule has 1 heterocycles. The molecule has 0 aliphatic rings. The summed E-state index contributed by atoms with van der Waals surface area (Å²) in [6.45, 7) is 4.05. The molecular formula is C16H21FN4O2. The van der Waals surface area contributed by atoms with Crippen molar-refractivity contribution in [2.75, 3.05) is 7.11 Å². The summed E-state index contributed by atoms with van der Waals surface area (Å²) in [7, 11) is 3.23. The maximum Gasteiger partial charge on any atom is 0.315 e. The quantitative estimate of drug-likeness (QED) is 0.889. The molecule has 6 nitrogen and oxygen atoms in total. The van der Waals surface area contributed by atoms with Gasteiger partial charge in [-0.1, -0.05) is 6.07 Å². The summed E-state index contributed by atoms with van der Waals surface area (Å²) >= 11 is 0. The summed E-state index contributed by atoms with van der Waals surface area (Å²) in [5, 5.41) is 9.75. The van der Waals surface area contributed by atoms with Crippen molar-refractivity contribution in [3.05, 3.63) is 47.0 Å². The molecule has 23 heavy (non-hydrogen) atoms. The number of aromatic nitrogens is 2. The van der Waals surface area contributed by atoms with Gasteiger partial charge in [-0.05, 0) is 37.6 Å². The second-order valence-electron chi connectivity index (χ2n) is 5.34. The third-order valence-corrected chi connectivity index (χ3v) is 3.55. The van der Waals surface area contributed by atoms with Gasteiger partial charge in [0.2, 0.25) is 0 Å². The number of amides is 2. The molecule has 124 valence electrons. The fraction of sp³-hybridized carbons (Fsp3) is 0.375. The molecule has 1 aromatic carbocycles. The molecule has 1 aromatic heterocycles. The van der Waals surface area contributed by atoms with Gasteiger partial charge < -0.3 is 15.4 Å². The van der Waals surface area contributed by atoms with Crippen molar-refractivity contribution in [2.45, 2.75) is 26.4 Å². The predicted molar refractivity (Wildman–Crippen MR) is 84.7 cm³/mol. The van der Waals surface area contributed by atoms with E-state index in [1.54, 1.807) is 23.7 Å². The number of carbonyl (C=O) groups is 1. The number of ether oxygens (including phenoxy) is 1. The Hall–Kier alpha value is -2.57. The van der Waals surface area contributed by atoms with Gasteiger partial charge in [0.05, 0.1) is 31.1 Å². The lowest BCUT2D eigenvalue weighted by atomic mass is 10.1. The molecule has 0 saturated carbocycles. The van der Waals surface area contributed by atoms with E-state index in [0.29, 0.717) is 12.1 Å². The van der Waals surface area contributed by atoms with Crippen LogP contribution in [0.15, 0.2) is 24.3 Å². The van der Waals surface area contributed by atoms with Gasteiger partial charge in [-0.2, -0.15) is 5.10 Å². The van der Waals surface area contributed by atoms with Crippen LogP contribution in [0.5, 0.6) is 5.75 Å². The molecule has 7 heteroatoms. The van der Waals surface area contributed by atoms with Gasteiger partial charge in [-0.3, -0.25) is 4.68 Å². The average molecular weight is 320 g/mol. The van der Waals surface area contributed by atoms with Crippen molar-refractivity contribution in [1.29, 1.82) is 0 Å². The molecule has 0 radical (unpaired) electrons. The summed E-state index contributed by atoms with van der Waals surface area (Å²) in [5.41, 5.74) is 2.46. The average Bonchev–Trinajstić information content (AvgIpc) is 2.82. The molecule has 0 aliphatic carbocycles. The number of methoxy groups -OCH3 is 1. The minimum Gasteiger partial charge on any atom is -0.494 e. The molecule has 0 saturated heterocycles. The number of hydrogen-bond acceptors (Lipinski definition) is 3. The van der Waals surface area contributed by atoms with Gasteiger partial charge in [0.15, 0.2) is 11.6 Å². The molecule has 0 aliphatic heterocycles. The SMILES string of the molecule is COc1ccc(C(C)NC(=O)NCc2cc(C)nn2C)cc1F. The molecule has 2 aromatic rings. The van der Waals surface area contributed by atoms with Crippen LogP contribution < -0.4 is 15.4 Å². The van der Waals surface area contributed by atoms with E-state index in [-0.39, 0.29) is 17.8 Å². The Kier molecular flexibility index (Phi) is 5.20. The highest BCUT2D eigenvalue weighted by Crippen LogP contribution is 2.21. The lowest BCUT2D eigenvalue weighted by Crippen LogP contribution is -2.37. The Morgan fingerprint density at radius 1 is 1.43 bits per heavy atom. The number of urea groups is 1. The van der Waals surface area contributed by atoms with Crippen molar-refractivity contribution < 1.29 is 13.9 Å². The molecule has 2 rings (SSSR count). The molecule has 0 spiro atoms. The van der Waals surface area contributed by atoms with Gasteiger partial charge in [-0.15, -0.1) is 0 Å². The number of nitrogens with zero attached hydrogens (tertiary/aromatic N) is 2. The molecule has 0 bridgehead atoms. The van der Waals surface area contributed by atoms with Crippen LogP contribution in [0.1, 0.15) is 29.9 Å². The lowest BCUT2D eigenvalue weighted by Gasteiger charge is -2.16. The first kappa shape index (κ1) is 16.8. The Labute approximate surface area is 134 Å². The van der Waals surface area contributed by atoms with Gasteiger partial charge in [0.1, 0.15) is 0 Å². The van der Waals surface area contributed by atoms with Crippen LogP contribution >= 0.6 is 0 Å². The zero-order valence-corrected chi connectivity index (χ0v) is 13.7. The normalized spacial score (nSPS) is 11.9. The van der Waals surface area contributed by atoms with Crippen molar-refractivity contribution in [3.63, 3.8) is 0 Å². The minimum absolute atomic E-state index is 0.178. The maximum absolute atomic E-state index is 13.7. The first-order valence-corrected chi connectivity index (χ1v) is 7.28. The van der Waals surface area contributed by atoms with E-state index in [2.05, 4.69) is 15.7 Å². The molecule has 1 unspecified atom stereocenters. The zero-order valence-electron chi connectivity index (χ0n) is 13.7. The number of benzene rings is 1. The fourth-order valence-electron chi connectivity index (χ4n) is 2.28. The van der Waals surface area contributed by atoms with Crippen LogP contribution in [-0.2, 0) is 13.6 Å². The summed E-state index contributed by atoms with van der Waals surface area (Å²) in [5.74, 6) is -0.276. The van der Waals surface area contributed by atoms with E-state index in [0.717, 1.165) is 11.4 Å². The Bertz CT molecular complexity index is 699. The number of rotatable bonds is 5. The third kappa shape index (κ3) is 4.21. The van der Waals surface area contributed by atoms with Gasteiger partial charge in [-0.25, -0.2) is 9.18 Å². The summed E-state index contributed by atoms with van der Waals surface area (Å²) in [6.07, 6.45) is 0. The molecule has 2 N–H and O–H groups in total. The van der Waals surface area contributed by atoms with E-state index >= 15 is 0 Å². The number of aryl methyl sites for hydroxylation is 2. The fourth-order valence-corrected chi connectivity index (χ4v) is 2.28. The highest BCUT2D eigenvalue weighted by Gasteiger charge is 2.12. The summed E-state index contributed by atoms with van der Waals surface area (Å²) < 4.78 is 20.3. The molecule has 0 fully saturated rings. The maximum atomic E-state index is 13.7. The van der Waals surface area contributed by atoms with Gasteiger partial charge in [0, 0.05) is 7.05 Å². The molecule has 1 atom stereocenters. The van der Waals surface area contributed by atoms with E-state index < -0.39 is 5.82 Å². The number of carbonyl (C=O) groups excluding carboxylic acids is 1. The van der Waals surface area contributed by atoms with Crippen molar-refractivity contribution in [2.24, 2.45) is 7.05 Å². The van der Waals surface area contributed by atoms with Crippen LogP contribution in [-0.4, -0.2) is 22.9 Å². The predicted octanol–water partition coefficient (Wildman–Crippen LogP) is 2.44. The Morgan fingerprint density at radius 2 is 2.17 bits per heavy atom. The third-order valence-electron chi connectivity index (χ3n) is 3.55. The van der Waals surface area contributed by atoms with E-state index in [1.807, 2.05) is 20.0 Å². The van der Waals surface area contributed by atoms with Crippen molar-refractivity contribution in [3.8, 4) is 5.75 Å². The largest absolute Gasteiger partial charge is 0.494 e. The standard InChI is InChI=1S/C16H21FN4O2/c1-10-7-13(21(3)20-10)9-18-16(22)19-11(2)12-5-6-15(23-4)14(17)8-12/h5-8,11H,9H2,1-4H3,(H2,18,19,22). The Balaban J connectivity index is 1.91. The second kappa shape index (κ2) is 7.13. The number of halogens is 1. The Morgan fingerprint density at radius 3 is 2.74 bits per heavy atom. The molecule has 2 amide bonds. The summed E-state index contributed by atoms with van der Waals surface area (Å²) in [4.78, 5) is 12.0. The van der Waals surface area contributed by atoms with Gasteiger partial charge in [0.25, 0.3) is 0 Å². The van der Waals surface area contributed by atoms with Crippen LogP contribution in [0.2, 0.25) is 0 Å². The van der Waals surface area contributed by atoms with Crippen molar-refractivity contribution in [1.82, 2.24) is 20.4 Å². The summed E-state index contributed by atoms with van der Waals surface area (Å²) in [6, 6.07) is 5.86. The lowest BCUT2D eigenvalue weighted by molar-refractivity contribution is 0.237. The topological polar surface area (TPSA) is 68.2 Å². The minimum atomic E-state index is -0.454. The van der Waals surface area contributed by atoms with Gasteiger partial charge >= 0.3 is 6.03 Å². The van der Waals surface area contributed by atoms with Crippen molar-refractivity contribution >= 4 is 6.03 Å². The highest BCUT2D eigenvalue weighted by atomic mass is 19.1. The van der Waals surface area contributed by atoms with E-state index in [1.165, 1.54) is 13.2 Å². The van der Waals surface area contributed by atoms with E-state index in [4.69, 9.17) is 4.74 Å². The van der Waals surface area contributed by atoms with Crippen LogP contribution in [0.4, 0.5) is 9.18 Å². The molecular weight excluding hydrogens is 299 g/mol.